The molecule has 6 nitrogen and oxygen atoms in total. The first-order valence-corrected chi connectivity index (χ1v) is 9.77. The molecule has 0 bridgehead atoms. The zero-order chi connectivity index (χ0) is 20.1. The summed E-state index contributed by atoms with van der Waals surface area (Å²) < 4.78 is 12.8. The second-order valence-corrected chi connectivity index (χ2v) is 8.76. The summed E-state index contributed by atoms with van der Waals surface area (Å²) in [7, 11) is 0. The van der Waals surface area contributed by atoms with Gasteiger partial charge in [-0.1, -0.05) is 48.3 Å². The standard InChI is InChI=1S/C20H17BrClN3O3/c1-20(2,3)19-24-15-5-4-12(21)7-13(15)18(26)25(19)23-9-11-6-16-17(8-14(11)22)28-10-27-16/h4-9H,10H2,1-3H3. The third-order valence-electron chi connectivity index (χ3n) is 4.28. The molecule has 28 heavy (non-hydrogen) atoms. The second-order valence-electron chi connectivity index (χ2n) is 7.44. The minimum Gasteiger partial charge on any atom is -0.454 e. The van der Waals surface area contributed by atoms with Gasteiger partial charge in [-0.15, -0.1) is 0 Å². The van der Waals surface area contributed by atoms with Crippen LogP contribution in [0.5, 0.6) is 11.5 Å². The molecule has 0 atom stereocenters. The molecule has 0 saturated heterocycles. The van der Waals surface area contributed by atoms with E-state index in [1.54, 1.807) is 18.2 Å². The maximum absolute atomic E-state index is 13.2. The number of nitrogens with zero attached hydrogens (tertiary/aromatic N) is 3. The van der Waals surface area contributed by atoms with Crippen molar-refractivity contribution in [3.8, 4) is 11.5 Å². The predicted molar refractivity (Wildman–Crippen MR) is 113 cm³/mol. The van der Waals surface area contributed by atoms with Gasteiger partial charge in [0.1, 0.15) is 5.82 Å². The van der Waals surface area contributed by atoms with Crippen molar-refractivity contribution in [2.24, 2.45) is 5.10 Å². The predicted octanol–water partition coefficient (Wildman–Crippen LogP) is 4.72. The summed E-state index contributed by atoms with van der Waals surface area (Å²) in [5.74, 6) is 1.74. The Morgan fingerprint density at radius 1 is 1.21 bits per heavy atom. The Morgan fingerprint density at radius 2 is 1.93 bits per heavy atom. The van der Waals surface area contributed by atoms with E-state index in [0.29, 0.717) is 38.8 Å². The molecular weight excluding hydrogens is 446 g/mol. The highest BCUT2D eigenvalue weighted by atomic mass is 79.9. The van der Waals surface area contributed by atoms with Crippen molar-refractivity contribution in [1.29, 1.82) is 0 Å². The van der Waals surface area contributed by atoms with E-state index in [4.69, 9.17) is 26.1 Å². The molecule has 3 aromatic rings. The zero-order valence-corrected chi connectivity index (χ0v) is 17.8. The lowest BCUT2D eigenvalue weighted by Gasteiger charge is -2.20. The van der Waals surface area contributed by atoms with Crippen LogP contribution in [-0.2, 0) is 5.41 Å². The van der Waals surface area contributed by atoms with Gasteiger partial charge in [0.2, 0.25) is 6.79 Å². The Labute approximate surface area is 174 Å². The average Bonchev–Trinajstić information content (AvgIpc) is 3.07. The van der Waals surface area contributed by atoms with Crippen LogP contribution in [0.3, 0.4) is 0 Å². The average molecular weight is 463 g/mol. The fourth-order valence-electron chi connectivity index (χ4n) is 2.89. The number of hydrogen-bond donors (Lipinski definition) is 0. The van der Waals surface area contributed by atoms with Crippen LogP contribution in [0.2, 0.25) is 5.02 Å². The molecule has 0 saturated carbocycles. The van der Waals surface area contributed by atoms with Crippen LogP contribution in [0.15, 0.2) is 44.7 Å². The highest BCUT2D eigenvalue weighted by Gasteiger charge is 2.23. The molecule has 0 amide bonds. The highest BCUT2D eigenvalue weighted by Crippen LogP contribution is 2.36. The number of benzene rings is 2. The number of rotatable bonds is 2. The van der Waals surface area contributed by atoms with Gasteiger partial charge in [0.15, 0.2) is 11.5 Å². The van der Waals surface area contributed by atoms with Gasteiger partial charge in [-0.25, -0.2) is 4.98 Å². The first-order valence-electron chi connectivity index (χ1n) is 8.60. The van der Waals surface area contributed by atoms with Crippen molar-refractivity contribution >= 4 is 44.6 Å². The van der Waals surface area contributed by atoms with Crippen molar-refractivity contribution < 1.29 is 9.47 Å². The van der Waals surface area contributed by atoms with Gasteiger partial charge in [0.25, 0.3) is 5.56 Å². The topological polar surface area (TPSA) is 65.7 Å². The first-order chi connectivity index (χ1) is 13.2. The van der Waals surface area contributed by atoms with E-state index in [2.05, 4.69) is 21.0 Å². The fraction of sp³-hybridized carbons (Fsp3) is 0.250. The Kier molecular flexibility index (Phi) is 4.67. The summed E-state index contributed by atoms with van der Waals surface area (Å²) in [4.78, 5) is 17.8. The van der Waals surface area contributed by atoms with Gasteiger partial charge in [-0.05, 0) is 24.3 Å². The van der Waals surface area contributed by atoms with Crippen molar-refractivity contribution in [1.82, 2.24) is 9.66 Å². The maximum atomic E-state index is 13.2. The molecule has 4 rings (SSSR count). The highest BCUT2D eigenvalue weighted by molar-refractivity contribution is 9.10. The number of ether oxygens (including phenoxy) is 2. The first kappa shape index (κ1) is 19.0. The van der Waals surface area contributed by atoms with E-state index in [0.717, 1.165) is 4.47 Å². The van der Waals surface area contributed by atoms with E-state index in [1.165, 1.54) is 10.9 Å². The fourth-order valence-corrected chi connectivity index (χ4v) is 3.46. The molecule has 2 heterocycles. The Bertz CT molecular complexity index is 1180. The van der Waals surface area contributed by atoms with Gasteiger partial charge in [-0.3, -0.25) is 4.79 Å². The molecule has 1 aliphatic heterocycles. The Hall–Kier alpha value is -2.38. The number of aromatic nitrogens is 2. The second kappa shape index (κ2) is 6.90. The van der Waals surface area contributed by atoms with E-state index < -0.39 is 5.41 Å². The van der Waals surface area contributed by atoms with E-state index in [9.17, 15) is 4.79 Å². The molecule has 0 N–H and O–H groups in total. The molecule has 1 aromatic heterocycles. The van der Waals surface area contributed by atoms with Gasteiger partial charge < -0.3 is 9.47 Å². The van der Waals surface area contributed by atoms with Crippen LogP contribution in [0.1, 0.15) is 32.2 Å². The van der Waals surface area contributed by atoms with Crippen LogP contribution in [-0.4, -0.2) is 22.7 Å². The molecule has 1 aliphatic rings. The molecule has 2 aromatic carbocycles. The van der Waals surface area contributed by atoms with Crippen molar-refractivity contribution in [3.05, 3.63) is 61.6 Å². The van der Waals surface area contributed by atoms with Crippen molar-refractivity contribution in [3.63, 3.8) is 0 Å². The van der Waals surface area contributed by atoms with E-state index in [1.807, 2.05) is 32.9 Å². The van der Waals surface area contributed by atoms with Gasteiger partial charge in [0, 0.05) is 21.5 Å². The van der Waals surface area contributed by atoms with E-state index in [-0.39, 0.29) is 12.4 Å². The van der Waals surface area contributed by atoms with Crippen LogP contribution in [0.4, 0.5) is 0 Å². The largest absolute Gasteiger partial charge is 0.454 e. The molecule has 144 valence electrons. The summed E-state index contributed by atoms with van der Waals surface area (Å²) in [5.41, 5.74) is 0.609. The van der Waals surface area contributed by atoms with Crippen LogP contribution in [0.25, 0.3) is 10.9 Å². The quantitative estimate of drug-likeness (QED) is 0.517. The van der Waals surface area contributed by atoms with Crippen molar-refractivity contribution in [2.75, 3.05) is 6.79 Å². The molecule has 0 unspecified atom stereocenters. The summed E-state index contributed by atoms with van der Waals surface area (Å²) in [6.07, 6.45) is 1.53. The van der Waals surface area contributed by atoms with Crippen molar-refractivity contribution in [2.45, 2.75) is 26.2 Å². The summed E-state index contributed by atoms with van der Waals surface area (Å²) in [5, 5.41) is 5.37. The van der Waals surface area contributed by atoms with Gasteiger partial charge in [0.05, 0.1) is 22.1 Å². The minimum atomic E-state index is -0.392. The monoisotopic (exact) mass is 461 g/mol. The van der Waals surface area contributed by atoms with Gasteiger partial charge >= 0.3 is 0 Å². The summed E-state index contributed by atoms with van der Waals surface area (Å²) in [6, 6.07) is 8.84. The minimum absolute atomic E-state index is 0.156. The zero-order valence-electron chi connectivity index (χ0n) is 15.5. The Morgan fingerprint density at radius 3 is 2.64 bits per heavy atom. The van der Waals surface area contributed by atoms with Crippen LogP contribution < -0.4 is 15.0 Å². The third kappa shape index (κ3) is 3.40. The molecule has 0 aliphatic carbocycles. The van der Waals surface area contributed by atoms with Crippen LogP contribution >= 0.6 is 27.5 Å². The maximum Gasteiger partial charge on any atom is 0.282 e. The van der Waals surface area contributed by atoms with Gasteiger partial charge in [-0.2, -0.15) is 9.78 Å². The summed E-state index contributed by atoms with van der Waals surface area (Å²) >= 11 is 9.73. The number of fused-ring (bicyclic) bond motifs is 2. The molecule has 8 heteroatoms. The lowest BCUT2D eigenvalue weighted by molar-refractivity contribution is 0.174. The van der Waals surface area contributed by atoms with E-state index >= 15 is 0 Å². The molecule has 0 spiro atoms. The lowest BCUT2D eigenvalue weighted by atomic mass is 9.95. The Balaban J connectivity index is 1.89. The summed E-state index contributed by atoms with van der Waals surface area (Å²) in [6.45, 7) is 6.11. The molecular formula is C20H17BrClN3O3. The molecule has 0 radical (unpaired) electrons. The SMILES string of the molecule is CC(C)(C)c1nc2ccc(Br)cc2c(=O)n1N=Cc1cc2c(cc1Cl)OCO2. The smallest absolute Gasteiger partial charge is 0.282 e. The number of halogens is 2. The number of hydrogen-bond acceptors (Lipinski definition) is 5. The third-order valence-corrected chi connectivity index (χ3v) is 5.10. The van der Waals surface area contributed by atoms with Crippen LogP contribution in [0, 0.1) is 0 Å². The molecule has 0 fully saturated rings. The normalized spacial score (nSPS) is 13.6. The lowest BCUT2D eigenvalue weighted by Crippen LogP contribution is -2.29.